The lowest BCUT2D eigenvalue weighted by atomic mass is 10.1. The summed E-state index contributed by atoms with van der Waals surface area (Å²) in [5.74, 6) is -0.123. The molecule has 0 spiro atoms. The lowest BCUT2D eigenvalue weighted by Gasteiger charge is -2.19. The molecule has 0 bridgehead atoms. The molecule has 2 rings (SSSR count). The molecule has 0 radical (unpaired) electrons. The Morgan fingerprint density at radius 3 is 2.57 bits per heavy atom. The van der Waals surface area contributed by atoms with Gasteiger partial charge >= 0.3 is 0 Å². The van der Waals surface area contributed by atoms with Gasteiger partial charge in [-0.3, -0.25) is 9.29 Å². The Kier molecular flexibility index (Phi) is 4.54. The molecule has 2 N–H and O–H groups in total. The van der Waals surface area contributed by atoms with E-state index in [2.05, 4.69) is 4.98 Å². The van der Waals surface area contributed by atoms with Crippen LogP contribution >= 0.6 is 12.2 Å². The van der Waals surface area contributed by atoms with Crippen LogP contribution in [-0.4, -0.2) is 25.4 Å². The summed E-state index contributed by atoms with van der Waals surface area (Å²) in [5.41, 5.74) is 7.42. The predicted octanol–water partition coefficient (Wildman–Crippen LogP) is 1.68. The van der Waals surface area contributed by atoms with Gasteiger partial charge in [0.25, 0.3) is 0 Å². The molecule has 1 heterocycles. The van der Waals surface area contributed by atoms with Gasteiger partial charge in [0, 0.05) is 25.0 Å². The third kappa shape index (κ3) is 3.77. The van der Waals surface area contributed by atoms with Gasteiger partial charge in [0.2, 0.25) is 10.0 Å². The maximum absolute atomic E-state index is 12.4. The number of rotatable bonds is 5. The summed E-state index contributed by atoms with van der Waals surface area (Å²) in [5, 5.41) is 0. The van der Waals surface area contributed by atoms with Crippen molar-refractivity contribution in [2.24, 2.45) is 5.73 Å². The first-order chi connectivity index (χ1) is 9.90. The number of anilines is 1. The van der Waals surface area contributed by atoms with Crippen LogP contribution in [0.25, 0.3) is 0 Å². The highest BCUT2D eigenvalue weighted by atomic mass is 32.2. The van der Waals surface area contributed by atoms with E-state index < -0.39 is 10.0 Å². The second kappa shape index (κ2) is 6.19. The average molecular weight is 321 g/mol. The molecule has 0 amide bonds. The van der Waals surface area contributed by atoms with Gasteiger partial charge in [0.05, 0.1) is 11.4 Å². The minimum Gasteiger partial charge on any atom is -0.389 e. The van der Waals surface area contributed by atoms with Crippen LogP contribution in [0.5, 0.6) is 0 Å². The summed E-state index contributed by atoms with van der Waals surface area (Å²) in [4.78, 5) is 4.12. The van der Waals surface area contributed by atoms with E-state index in [1.54, 1.807) is 48.8 Å². The molecule has 0 saturated carbocycles. The van der Waals surface area contributed by atoms with Gasteiger partial charge in [-0.2, -0.15) is 0 Å². The Morgan fingerprint density at radius 2 is 1.95 bits per heavy atom. The fourth-order valence-corrected chi connectivity index (χ4v) is 3.20. The van der Waals surface area contributed by atoms with E-state index in [9.17, 15) is 8.42 Å². The van der Waals surface area contributed by atoms with Crippen LogP contribution in [0.2, 0.25) is 0 Å². The van der Waals surface area contributed by atoms with Crippen molar-refractivity contribution in [3.63, 3.8) is 0 Å². The van der Waals surface area contributed by atoms with Crippen molar-refractivity contribution in [2.75, 3.05) is 11.4 Å². The molecule has 1 aromatic carbocycles. The van der Waals surface area contributed by atoms with Gasteiger partial charge in [0.15, 0.2) is 0 Å². The van der Waals surface area contributed by atoms with Gasteiger partial charge < -0.3 is 5.73 Å². The summed E-state index contributed by atoms with van der Waals surface area (Å²) >= 11 is 4.90. The van der Waals surface area contributed by atoms with Crippen LogP contribution in [0.3, 0.4) is 0 Å². The van der Waals surface area contributed by atoms with E-state index in [4.69, 9.17) is 18.0 Å². The van der Waals surface area contributed by atoms with Crippen molar-refractivity contribution in [3.8, 4) is 0 Å². The van der Waals surface area contributed by atoms with E-state index in [0.717, 1.165) is 0 Å². The largest absolute Gasteiger partial charge is 0.389 e. The predicted molar refractivity (Wildman–Crippen MR) is 87.6 cm³/mol. The monoisotopic (exact) mass is 321 g/mol. The Morgan fingerprint density at radius 1 is 1.29 bits per heavy atom. The lowest BCUT2D eigenvalue weighted by Crippen LogP contribution is -2.28. The average Bonchev–Trinajstić information content (AvgIpc) is 2.47. The van der Waals surface area contributed by atoms with Crippen molar-refractivity contribution in [1.82, 2.24) is 4.98 Å². The van der Waals surface area contributed by atoms with Crippen LogP contribution < -0.4 is 10.0 Å². The molecule has 0 fully saturated rings. The van der Waals surface area contributed by atoms with Crippen LogP contribution in [0.15, 0.2) is 48.8 Å². The summed E-state index contributed by atoms with van der Waals surface area (Å²) in [6.07, 6.45) is 3.10. The van der Waals surface area contributed by atoms with Crippen LogP contribution in [-0.2, 0) is 15.8 Å². The lowest BCUT2D eigenvalue weighted by molar-refractivity contribution is 0.593. The van der Waals surface area contributed by atoms with Gasteiger partial charge in [-0.25, -0.2) is 8.42 Å². The van der Waals surface area contributed by atoms with E-state index in [0.29, 0.717) is 16.8 Å². The van der Waals surface area contributed by atoms with Crippen molar-refractivity contribution < 1.29 is 8.42 Å². The van der Waals surface area contributed by atoms with Crippen LogP contribution in [0.1, 0.15) is 11.1 Å². The number of hydrogen-bond acceptors (Lipinski definition) is 4. The van der Waals surface area contributed by atoms with E-state index in [1.807, 2.05) is 0 Å². The first-order valence-electron chi connectivity index (χ1n) is 6.15. The topological polar surface area (TPSA) is 76.3 Å². The summed E-state index contributed by atoms with van der Waals surface area (Å²) in [7, 11) is -1.97. The molecule has 21 heavy (non-hydrogen) atoms. The highest BCUT2D eigenvalue weighted by Crippen LogP contribution is 2.18. The number of thiocarbonyl (C=S) groups is 1. The highest BCUT2D eigenvalue weighted by molar-refractivity contribution is 7.92. The van der Waals surface area contributed by atoms with E-state index in [-0.39, 0.29) is 10.7 Å². The maximum atomic E-state index is 12.4. The number of nitrogens with zero attached hydrogens (tertiary/aromatic N) is 2. The SMILES string of the molecule is CN(c1ccncc1)S(=O)(=O)Cc1cccc(C(N)=S)c1. The molecule has 0 aliphatic carbocycles. The zero-order valence-corrected chi connectivity index (χ0v) is 13.1. The normalized spacial score (nSPS) is 11.1. The van der Waals surface area contributed by atoms with Gasteiger partial charge in [0.1, 0.15) is 4.99 Å². The molecule has 2 aromatic rings. The van der Waals surface area contributed by atoms with E-state index in [1.165, 1.54) is 11.4 Å². The number of aromatic nitrogens is 1. The number of benzene rings is 1. The number of sulfonamides is 1. The minimum atomic E-state index is -3.49. The second-order valence-electron chi connectivity index (χ2n) is 4.49. The zero-order chi connectivity index (χ0) is 15.5. The van der Waals surface area contributed by atoms with Crippen molar-refractivity contribution >= 4 is 32.9 Å². The quantitative estimate of drug-likeness (QED) is 0.848. The molecular weight excluding hydrogens is 306 g/mol. The highest BCUT2D eigenvalue weighted by Gasteiger charge is 2.19. The summed E-state index contributed by atoms with van der Waals surface area (Å²) in [6.45, 7) is 0. The molecule has 0 aliphatic rings. The molecule has 0 atom stereocenters. The van der Waals surface area contributed by atoms with Crippen molar-refractivity contribution in [1.29, 1.82) is 0 Å². The smallest absolute Gasteiger partial charge is 0.239 e. The second-order valence-corrected chi connectivity index (χ2v) is 6.93. The minimum absolute atomic E-state index is 0.123. The fourth-order valence-electron chi connectivity index (χ4n) is 1.84. The van der Waals surface area contributed by atoms with Gasteiger partial charge in [-0.15, -0.1) is 0 Å². The Labute approximate surface area is 129 Å². The summed E-state index contributed by atoms with van der Waals surface area (Å²) in [6, 6.07) is 10.2. The van der Waals surface area contributed by atoms with Gasteiger partial charge in [-0.05, 0) is 23.8 Å². The standard InChI is InChI=1S/C14H15N3O2S2/c1-17(13-5-7-16-8-6-13)21(18,19)10-11-3-2-4-12(9-11)14(15)20/h2-9H,10H2,1H3,(H2,15,20). The Hall–Kier alpha value is -1.99. The number of hydrogen-bond donors (Lipinski definition) is 1. The first kappa shape index (κ1) is 15.4. The fraction of sp³-hybridized carbons (Fsp3) is 0.143. The molecule has 0 aliphatic heterocycles. The molecule has 1 aromatic heterocycles. The van der Waals surface area contributed by atoms with Gasteiger partial charge in [-0.1, -0.05) is 30.4 Å². The van der Waals surface area contributed by atoms with Crippen LogP contribution in [0.4, 0.5) is 5.69 Å². The molecule has 110 valence electrons. The molecular formula is C14H15N3O2S2. The third-order valence-electron chi connectivity index (χ3n) is 3.00. The maximum Gasteiger partial charge on any atom is 0.239 e. The summed E-state index contributed by atoms with van der Waals surface area (Å²) < 4.78 is 26.1. The Balaban J connectivity index is 2.25. The van der Waals surface area contributed by atoms with Crippen molar-refractivity contribution in [2.45, 2.75) is 5.75 Å². The zero-order valence-electron chi connectivity index (χ0n) is 11.4. The molecule has 0 unspecified atom stereocenters. The molecule has 5 nitrogen and oxygen atoms in total. The van der Waals surface area contributed by atoms with Crippen LogP contribution in [0, 0.1) is 0 Å². The number of pyridine rings is 1. The first-order valence-corrected chi connectivity index (χ1v) is 8.17. The number of nitrogens with two attached hydrogens (primary N) is 1. The third-order valence-corrected chi connectivity index (χ3v) is 4.98. The molecule has 7 heteroatoms. The molecule has 0 saturated heterocycles. The Bertz CT molecular complexity index is 746. The van der Waals surface area contributed by atoms with E-state index >= 15 is 0 Å². The van der Waals surface area contributed by atoms with Crippen molar-refractivity contribution in [3.05, 3.63) is 59.9 Å².